The molecule has 1 unspecified atom stereocenters. The van der Waals surface area contributed by atoms with Crippen molar-refractivity contribution in [2.45, 2.75) is 28.5 Å². The summed E-state index contributed by atoms with van der Waals surface area (Å²) in [5, 5.41) is 11.3. The zero-order valence-electron chi connectivity index (χ0n) is 14.2. The summed E-state index contributed by atoms with van der Waals surface area (Å²) in [5.41, 5.74) is -3.79. The first-order chi connectivity index (χ1) is 12.4. The molecule has 0 fully saturated rings. The van der Waals surface area contributed by atoms with E-state index in [1.807, 2.05) is 5.32 Å². The zero-order valence-corrected chi connectivity index (χ0v) is 15.1. The monoisotopic (exact) mass is 403 g/mol. The summed E-state index contributed by atoms with van der Waals surface area (Å²) in [6.45, 7) is 0.313. The Morgan fingerprint density at radius 2 is 1.70 bits per heavy atom. The number of rotatable bonds is 5. The average Bonchev–Trinajstić information content (AvgIpc) is 2.61. The Labute approximate surface area is 153 Å². The maximum Gasteiger partial charge on any atom is 0.426 e. The standard InChI is InChI=1S/C17H16F3NO5S/c1-16(23,17(18,19)20)15(22)21-11-8-9-14(13(10-11)26-2)27(24,25)12-6-4-3-5-7-12/h3-10,23H,1-2H3,(H,21,22). The quantitative estimate of drug-likeness (QED) is 0.801. The number of amides is 1. The molecule has 0 saturated heterocycles. The molecule has 0 aromatic heterocycles. The van der Waals surface area contributed by atoms with Gasteiger partial charge in [-0.1, -0.05) is 18.2 Å². The van der Waals surface area contributed by atoms with Gasteiger partial charge in [-0.25, -0.2) is 8.42 Å². The molecule has 6 nitrogen and oxygen atoms in total. The number of hydrogen-bond acceptors (Lipinski definition) is 5. The van der Waals surface area contributed by atoms with Crippen molar-refractivity contribution in [1.82, 2.24) is 0 Å². The molecule has 27 heavy (non-hydrogen) atoms. The minimum absolute atomic E-state index is 0.0000836. The summed E-state index contributed by atoms with van der Waals surface area (Å²) >= 11 is 0. The average molecular weight is 403 g/mol. The lowest BCUT2D eigenvalue weighted by Crippen LogP contribution is -2.52. The minimum Gasteiger partial charge on any atom is -0.495 e. The molecular formula is C17H16F3NO5S. The number of sulfone groups is 1. The molecule has 10 heteroatoms. The highest BCUT2D eigenvalue weighted by Crippen LogP contribution is 2.34. The number of carbonyl (C=O) groups is 1. The van der Waals surface area contributed by atoms with E-state index in [0.29, 0.717) is 6.92 Å². The van der Waals surface area contributed by atoms with Gasteiger partial charge >= 0.3 is 6.18 Å². The molecule has 0 heterocycles. The van der Waals surface area contributed by atoms with Crippen LogP contribution in [0.25, 0.3) is 0 Å². The lowest BCUT2D eigenvalue weighted by molar-refractivity contribution is -0.242. The van der Waals surface area contributed by atoms with Gasteiger partial charge in [-0.3, -0.25) is 4.79 Å². The number of aliphatic hydroxyl groups is 1. The van der Waals surface area contributed by atoms with Crippen LogP contribution in [0.1, 0.15) is 6.92 Å². The number of carbonyl (C=O) groups excluding carboxylic acids is 1. The number of ether oxygens (including phenoxy) is 1. The maximum atomic E-state index is 12.7. The van der Waals surface area contributed by atoms with Gasteiger partial charge < -0.3 is 15.2 Å². The third-order valence-electron chi connectivity index (χ3n) is 3.76. The van der Waals surface area contributed by atoms with Gasteiger partial charge in [0.15, 0.2) is 0 Å². The van der Waals surface area contributed by atoms with Gasteiger partial charge in [0.25, 0.3) is 5.91 Å². The third kappa shape index (κ3) is 4.06. The molecule has 2 rings (SSSR count). The van der Waals surface area contributed by atoms with Gasteiger partial charge in [-0.15, -0.1) is 0 Å². The number of benzene rings is 2. The minimum atomic E-state index is -5.18. The molecule has 146 valence electrons. The number of anilines is 1. The Morgan fingerprint density at radius 3 is 2.22 bits per heavy atom. The fourth-order valence-corrected chi connectivity index (χ4v) is 3.50. The Morgan fingerprint density at radius 1 is 1.11 bits per heavy atom. The summed E-state index contributed by atoms with van der Waals surface area (Å²) in [6, 6.07) is 10.7. The molecule has 2 N–H and O–H groups in total. The summed E-state index contributed by atoms with van der Waals surface area (Å²) in [7, 11) is -2.77. The van der Waals surface area contributed by atoms with Crippen LogP contribution in [0.2, 0.25) is 0 Å². The van der Waals surface area contributed by atoms with Crippen LogP contribution in [-0.2, 0) is 14.6 Å². The van der Waals surface area contributed by atoms with Crippen molar-refractivity contribution >= 4 is 21.4 Å². The van der Waals surface area contributed by atoms with E-state index in [1.54, 1.807) is 6.07 Å². The van der Waals surface area contributed by atoms with Crippen LogP contribution in [0.4, 0.5) is 18.9 Å². The number of halogens is 3. The molecule has 0 spiro atoms. The molecule has 0 radical (unpaired) electrons. The SMILES string of the molecule is COc1cc(NC(=O)C(C)(O)C(F)(F)F)ccc1S(=O)(=O)c1ccccc1. The molecule has 2 aromatic carbocycles. The van der Waals surface area contributed by atoms with Gasteiger partial charge in [0.05, 0.1) is 12.0 Å². The predicted octanol–water partition coefficient (Wildman–Crippen LogP) is 2.78. The molecule has 0 aliphatic heterocycles. The highest BCUT2D eigenvalue weighted by molar-refractivity contribution is 7.91. The first-order valence-corrected chi connectivity index (χ1v) is 8.98. The van der Waals surface area contributed by atoms with Crippen molar-refractivity contribution in [3.8, 4) is 5.75 Å². The van der Waals surface area contributed by atoms with E-state index in [4.69, 9.17) is 4.74 Å². The summed E-state index contributed by atoms with van der Waals surface area (Å²) in [6.07, 6.45) is -5.18. The molecule has 0 bridgehead atoms. The Kier molecular flexibility index (Phi) is 5.52. The van der Waals surface area contributed by atoms with E-state index in [0.717, 1.165) is 18.2 Å². The van der Waals surface area contributed by atoms with Crippen LogP contribution in [-0.4, -0.2) is 38.3 Å². The smallest absolute Gasteiger partial charge is 0.426 e. The van der Waals surface area contributed by atoms with Gasteiger partial charge in [-0.2, -0.15) is 13.2 Å². The number of methoxy groups -OCH3 is 1. The largest absolute Gasteiger partial charge is 0.495 e. The Bertz CT molecular complexity index is 941. The molecule has 1 atom stereocenters. The van der Waals surface area contributed by atoms with Crippen molar-refractivity contribution in [3.05, 3.63) is 48.5 Å². The fourth-order valence-electron chi connectivity index (χ4n) is 2.08. The molecule has 1 amide bonds. The van der Waals surface area contributed by atoms with Gasteiger partial charge in [0.2, 0.25) is 15.4 Å². The van der Waals surface area contributed by atoms with E-state index in [-0.39, 0.29) is 21.2 Å². The highest BCUT2D eigenvalue weighted by Gasteiger charge is 2.55. The van der Waals surface area contributed by atoms with Crippen molar-refractivity contribution in [2.75, 3.05) is 12.4 Å². The highest BCUT2D eigenvalue weighted by atomic mass is 32.2. The van der Waals surface area contributed by atoms with Crippen LogP contribution in [0.15, 0.2) is 58.3 Å². The summed E-state index contributed by atoms with van der Waals surface area (Å²) < 4.78 is 68.6. The molecule has 0 saturated carbocycles. The molecule has 2 aromatic rings. The summed E-state index contributed by atoms with van der Waals surface area (Å²) in [5.74, 6) is -1.89. The Hall–Kier alpha value is -2.59. The normalized spacial score (nSPS) is 14.3. The predicted molar refractivity (Wildman–Crippen MR) is 90.2 cm³/mol. The van der Waals surface area contributed by atoms with Crippen LogP contribution < -0.4 is 10.1 Å². The topological polar surface area (TPSA) is 92.7 Å². The maximum absolute atomic E-state index is 12.7. The Balaban J connectivity index is 2.39. The zero-order chi connectivity index (χ0) is 20.5. The lowest BCUT2D eigenvalue weighted by Gasteiger charge is -2.25. The molecule has 0 aliphatic rings. The van der Waals surface area contributed by atoms with E-state index in [1.165, 1.54) is 31.4 Å². The second-order valence-electron chi connectivity index (χ2n) is 5.71. The second kappa shape index (κ2) is 7.20. The number of hydrogen-bond donors (Lipinski definition) is 2. The van der Waals surface area contributed by atoms with E-state index < -0.39 is 27.5 Å². The van der Waals surface area contributed by atoms with Crippen molar-refractivity contribution < 1.29 is 36.2 Å². The van der Waals surface area contributed by atoms with Crippen molar-refractivity contribution in [3.63, 3.8) is 0 Å². The van der Waals surface area contributed by atoms with Crippen molar-refractivity contribution in [2.24, 2.45) is 0 Å². The summed E-state index contributed by atoms with van der Waals surface area (Å²) in [4.78, 5) is 11.5. The van der Waals surface area contributed by atoms with Gasteiger partial charge in [0, 0.05) is 11.8 Å². The number of nitrogens with one attached hydrogen (secondary N) is 1. The van der Waals surface area contributed by atoms with Crippen LogP contribution in [0.5, 0.6) is 5.75 Å². The van der Waals surface area contributed by atoms with Crippen LogP contribution in [0.3, 0.4) is 0 Å². The van der Waals surface area contributed by atoms with E-state index in [9.17, 15) is 31.5 Å². The first-order valence-electron chi connectivity index (χ1n) is 7.50. The van der Waals surface area contributed by atoms with E-state index >= 15 is 0 Å². The lowest BCUT2D eigenvalue weighted by atomic mass is 10.1. The van der Waals surface area contributed by atoms with Crippen LogP contribution in [0, 0.1) is 0 Å². The molecular weight excluding hydrogens is 387 g/mol. The van der Waals surface area contributed by atoms with Crippen molar-refractivity contribution in [1.29, 1.82) is 0 Å². The van der Waals surface area contributed by atoms with Gasteiger partial charge in [-0.05, 0) is 31.2 Å². The second-order valence-corrected chi connectivity index (χ2v) is 7.62. The van der Waals surface area contributed by atoms with E-state index in [2.05, 4.69) is 0 Å². The fraction of sp³-hybridized carbons (Fsp3) is 0.235. The first kappa shape index (κ1) is 20.7. The third-order valence-corrected chi connectivity index (χ3v) is 5.57. The van der Waals surface area contributed by atoms with Crippen LogP contribution >= 0.6 is 0 Å². The number of alkyl halides is 3. The van der Waals surface area contributed by atoms with Gasteiger partial charge in [0.1, 0.15) is 10.6 Å². The molecule has 0 aliphatic carbocycles.